The summed E-state index contributed by atoms with van der Waals surface area (Å²) in [7, 11) is 1.45. The highest BCUT2D eigenvalue weighted by atomic mass is 16.7. The van der Waals surface area contributed by atoms with E-state index in [0.29, 0.717) is 44.0 Å². The van der Waals surface area contributed by atoms with Crippen LogP contribution in [0.2, 0.25) is 0 Å². The molecule has 1 saturated heterocycles. The van der Waals surface area contributed by atoms with E-state index in [1.165, 1.54) is 7.11 Å². The molecule has 2 bridgehead atoms. The van der Waals surface area contributed by atoms with Gasteiger partial charge in [-0.1, -0.05) is 13.3 Å². The van der Waals surface area contributed by atoms with E-state index < -0.39 is 11.4 Å². The van der Waals surface area contributed by atoms with E-state index in [1.54, 1.807) is 0 Å². The van der Waals surface area contributed by atoms with Gasteiger partial charge in [0.25, 0.3) is 0 Å². The highest BCUT2D eigenvalue weighted by Gasteiger charge is 2.87. The van der Waals surface area contributed by atoms with Gasteiger partial charge in [0.05, 0.1) is 38.4 Å². The first-order chi connectivity index (χ1) is 15.4. The van der Waals surface area contributed by atoms with E-state index in [-0.39, 0.29) is 41.0 Å². The second-order valence-corrected chi connectivity index (χ2v) is 11.5. The molecule has 8 unspecified atom stereocenters. The maximum Gasteiger partial charge on any atom is 0.308 e. The van der Waals surface area contributed by atoms with Crippen LogP contribution in [0.3, 0.4) is 0 Å². The van der Waals surface area contributed by atoms with Crippen molar-refractivity contribution < 1.29 is 33.6 Å². The third-order valence-corrected chi connectivity index (χ3v) is 10.2. The monoisotopic (exact) mass is 448 g/mol. The Hall–Kier alpha value is -1.18. The lowest BCUT2D eigenvalue weighted by Gasteiger charge is -2.43. The molecular formula is C25H36O7. The summed E-state index contributed by atoms with van der Waals surface area (Å²) >= 11 is 0. The summed E-state index contributed by atoms with van der Waals surface area (Å²) in [6.45, 7) is 3.58. The second kappa shape index (κ2) is 7.16. The highest BCUT2D eigenvalue weighted by Crippen LogP contribution is 2.86. The highest BCUT2D eigenvalue weighted by molar-refractivity contribution is 5.73. The molecule has 5 aliphatic carbocycles. The maximum absolute atomic E-state index is 12.6. The molecular weight excluding hydrogens is 412 g/mol. The molecule has 0 radical (unpaired) electrons. The number of ether oxygens (including phenoxy) is 4. The van der Waals surface area contributed by atoms with Crippen molar-refractivity contribution in [1.29, 1.82) is 0 Å². The molecule has 5 saturated carbocycles. The predicted molar refractivity (Wildman–Crippen MR) is 112 cm³/mol. The summed E-state index contributed by atoms with van der Waals surface area (Å²) in [5.41, 5.74) is -0.473. The first-order valence-corrected chi connectivity index (χ1v) is 12.6. The van der Waals surface area contributed by atoms with Gasteiger partial charge >= 0.3 is 11.9 Å². The molecule has 32 heavy (non-hydrogen) atoms. The van der Waals surface area contributed by atoms with Crippen molar-refractivity contribution in [2.75, 3.05) is 26.9 Å². The molecule has 178 valence electrons. The maximum atomic E-state index is 12.6. The molecule has 6 fully saturated rings. The van der Waals surface area contributed by atoms with Crippen molar-refractivity contribution in [1.82, 2.24) is 0 Å². The normalized spacial score (nSPS) is 52.3. The summed E-state index contributed by atoms with van der Waals surface area (Å²) in [5, 5.41) is 10.8. The van der Waals surface area contributed by atoms with Crippen molar-refractivity contribution in [2.24, 2.45) is 46.8 Å². The average Bonchev–Trinajstić information content (AvgIpc) is 3.46. The molecule has 0 aromatic rings. The van der Waals surface area contributed by atoms with Gasteiger partial charge in [-0.15, -0.1) is 0 Å². The van der Waals surface area contributed by atoms with Crippen LogP contribution >= 0.6 is 0 Å². The Morgan fingerprint density at radius 2 is 1.97 bits per heavy atom. The Kier molecular flexibility index (Phi) is 4.78. The minimum atomic E-state index is -0.565. The molecule has 8 atom stereocenters. The first kappa shape index (κ1) is 21.4. The Labute approximate surface area is 189 Å². The Morgan fingerprint density at radius 1 is 1.19 bits per heavy atom. The van der Waals surface area contributed by atoms with Gasteiger partial charge in [0.15, 0.2) is 5.79 Å². The molecule has 6 rings (SSSR count). The van der Waals surface area contributed by atoms with Crippen LogP contribution in [0.4, 0.5) is 0 Å². The van der Waals surface area contributed by atoms with Crippen LogP contribution in [0.5, 0.6) is 0 Å². The summed E-state index contributed by atoms with van der Waals surface area (Å²) in [6.07, 6.45) is 6.90. The topological polar surface area (TPSA) is 91.3 Å². The Balaban J connectivity index is 0.966. The van der Waals surface area contributed by atoms with Crippen molar-refractivity contribution >= 4 is 11.9 Å². The van der Waals surface area contributed by atoms with Crippen LogP contribution in [0.15, 0.2) is 0 Å². The average molecular weight is 449 g/mol. The summed E-state index contributed by atoms with van der Waals surface area (Å²) in [6, 6.07) is 0. The van der Waals surface area contributed by atoms with Gasteiger partial charge in [-0.2, -0.15) is 0 Å². The van der Waals surface area contributed by atoms with Crippen LogP contribution in [0, 0.1) is 46.8 Å². The van der Waals surface area contributed by atoms with Crippen molar-refractivity contribution in [3.63, 3.8) is 0 Å². The molecule has 1 N–H and O–H groups in total. The lowest BCUT2D eigenvalue weighted by molar-refractivity contribution is -0.309. The molecule has 7 nitrogen and oxygen atoms in total. The van der Waals surface area contributed by atoms with Gasteiger partial charge in [-0.3, -0.25) is 9.59 Å². The van der Waals surface area contributed by atoms with Crippen LogP contribution in [-0.2, 0) is 28.5 Å². The molecule has 1 aliphatic heterocycles. The standard InChI is InChI=1S/C25H36O7/c1-3-15-4-5-23(28)13-24(23)19(21(15)24)8-20(26)30-10-14-11-31-25(32-12-14)9-16-6-17(25)7-18(16)22(27)29-2/h14-19,21,28H,3-13H2,1-2H3. The number of esters is 2. The van der Waals surface area contributed by atoms with E-state index in [4.69, 9.17) is 18.9 Å². The third kappa shape index (κ3) is 2.89. The Bertz CT molecular complexity index is 804. The minimum absolute atomic E-state index is 0.0245. The zero-order chi connectivity index (χ0) is 22.3. The summed E-state index contributed by atoms with van der Waals surface area (Å²) in [4.78, 5) is 24.5. The number of carbonyl (C=O) groups is 2. The Morgan fingerprint density at radius 3 is 2.62 bits per heavy atom. The zero-order valence-electron chi connectivity index (χ0n) is 19.2. The minimum Gasteiger partial charge on any atom is -0.469 e. The van der Waals surface area contributed by atoms with Gasteiger partial charge in [0.2, 0.25) is 0 Å². The zero-order valence-corrected chi connectivity index (χ0v) is 19.2. The number of carbonyl (C=O) groups excluding carboxylic acids is 2. The van der Waals surface area contributed by atoms with E-state index in [9.17, 15) is 14.7 Å². The fraction of sp³-hybridized carbons (Fsp3) is 0.920. The number of aliphatic hydroxyl groups is 1. The molecule has 0 amide bonds. The number of fused-ring (bicyclic) bond motifs is 3. The van der Waals surface area contributed by atoms with Crippen molar-refractivity contribution in [3.05, 3.63) is 0 Å². The predicted octanol–water partition coefficient (Wildman–Crippen LogP) is 2.69. The molecule has 6 aliphatic rings. The SMILES string of the molecule is CCC1CCC2(O)CC23C(CC(=O)OCC2COC4(CC5CC4CC5C(=O)OC)OC2)C13. The molecule has 0 aromatic carbocycles. The van der Waals surface area contributed by atoms with Gasteiger partial charge in [-0.05, 0) is 55.8 Å². The van der Waals surface area contributed by atoms with Crippen LogP contribution < -0.4 is 0 Å². The fourth-order valence-corrected chi connectivity index (χ4v) is 8.52. The van der Waals surface area contributed by atoms with Crippen LogP contribution in [0.25, 0.3) is 0 Å². The summed E-state index contributed by atoms with van der Waals surface area (Å²) < 4.78 is 23.0. The number of rotatable bonds is 6. The van der Waals surface area contributed by atoms with Gasteiger partial charge in [0, 0.05) is 30.1 Å². The van der Waals surface area contributed by atoms with E-state index in [0.717, 1.165) is 44.9 Å². The number of methoxy groups -OCH3 is 1. The van der Waals surface area contributed by atoms with Gasteiger partial charge < -0.3 is 24.1 Å². The lowest BCUT2D eigenvalue weighted by Crippen LogP contribution is -2.50. The molecule has 2 spiro atoms. The van der Waals surface area contributed by atoms with E-state index >= 15 is 0 Å². The van der Waals surface area contributed by atoms with Crippen LogP contribution in [-0.4, -0.2) is 55.4 Å². The molecule has 7 heteroatoms. The van der Waals surface area contributed by atoms with Gasteiger partial charge in [-0.25, -0.2) is 0 Å². The second-order valence-electron chi connectivity index (χ2n) is 11.5. The lowest BCUT2D eigenvalue weighted by atomic mass is 9.84. The van der Waals surface area contributed by atoms with E-state index in [2.05, 4.69) is 6.92 Å². The third-order valence-electron chi connectivity index (χ3n) is 10.2. The van der Waals surface area contributed by atoms with Crippen molar-refractivity contribution in [2.45, 2.75) is 69.7 Å². The molecule has 1 heterocycles. The first-order valence-electron chi connectivity index (χ1n) is 12.6. The number of hydrogen-bond acceptors (Lipinski definition) is 7. The van der Waals surface area contributed by atoms with Crippen molar-refractivity contribution in [3.8, 4) is 0 Å². The van der Waals surface area contributed by atoms with E-state index in [1.807, 2.05) is 0 Å². The fourth-order valence-electron chi connectivity index (χ4n) is 8.52. The van der Waals surface area contributed by atoms with Crippen LogP contribution in [0.1, 0.15) is 58.3 Å². The largest absolute Gasteiger partial charge is 0.469 e. The number of hydrogen-bond donors (Lipinski definition) is 1. The van der Waals surface area contributed by atoms with Gasteiger partial charge in [0.1, 0.15) is 0 Å². The summed E-state index contributed by atoms with van der Waals surface area (Å²) in [5.74, 6) is 1.15. The quantitative estimate of drug-likeness (QED) is 0.625. The smallest absolute Gasteiger partial charge is 0.308 e. The molecule has 0 aromatic heterocycles.